The van der Waals surface area contributed by atoms with Gasteiger partial charge in [0.15, 0.2) is 5.75 Å². The minimum Gasteiger partial charge on any atom is -0.382 e. The number of piperidine rings is 1. The molecule has 2 aromatic rings. The fourth-order valence-electron chi connectivity index (χ4n) is 3.52. The molecule has 1 fully saturated rings. The smallest absolute Gasteiger partial charge is 0.306 e. The van der Waals surface area contributed by atoms with E-state index >= 15 is 0 Å². The summed E-state index contributed by atoms with van der Waals surface area (Å²) >= 11 is 0. The summed E-state index contributed by atoms with van der Waals surface area (Å²) in [6.45, 7) is 7.21. The highest BCUT2D eigenvalue weighted by Gasteiger charge is 2.24. The van der Waals surface area contributed by atoms with Crippen LogP contribution in [0.3, 0.4) is 0 Å². The predicted octanol–water partition coefficient (Wildman–Crippen LogP) is 2.74. The first-order valence-electron chi connectivity index (χ1n) is 11.5. The van der Waals surface area contributed by atoms with Gasteiger partial charge < -0.3 is 25.5 Å². The van der Waals surface area contributed by atoms with Crippen molar-refractivity contribution in [3.8, 4) is 5.75 Å². The zero-order valence-corrected chi connectivity index (χ0v) is 21.2. The molecule has 1 aromatic carbocycles. The molecule has 4 N–H and O–H groups in total. The number of aromatic nitrogens is 2. The minimum absolute atomic E-state index is 0.0112. The van der Waals surface area contributed by atoms with Gasteiger partial charge in [0.2, 0.25) is 5.95 Å². The first kappa shape index (κ1) is 26.2. The number of hydrogen-bond acceptors (Lipinski definition) is 9. The topological polar surface area (TPSA) is 157 Å². The van der Waals surface area contributed by atoms with E-state index in [9.17, 15) is 18.0 Å². The Hall–Kier alpha value is -3.41. The van der Waals surface area contributed by atoms with E-state index in [0.717, 1.165) is 25.5 Å². The Bertz CT molecular complexity index is 1190. The summed E-state index contributed by atoms with van der Waals surface area (Å²) in [6.07, 6.45) is 5.07. The third-order valence-electron chi connectivity index (χ3n) is 5.77. The molecule has 0 spiro atoms. The summed E-state index contributed by atoms with van der Waals surface area (Å²) in [6, 6.07) is 4.49. The van der Waals surface area contributed by atoms with Crippen molar-refractivity contribution in [3.63, 3.8) is 0 Å². The van der Waals surface area contributed by atoms with E-state index in [4.69, 9.17) is 9.92 Å². The SMILES string of the molecule is CC(C)C(C)Nc1nc(Nc2ccc(OS(C)(=O)=O)c(C(=O)N3CCCCC3)c2)ncc1C(N)=O. The molecule has 3 rings (SSSR count). The van der Waals surface area contributed by atoms with Crippen molar-refractivity contribution in [1.82, 2.24) is 14.9 Å². The van der Waals surface area contributed by atoms with Crippen LogP contribution in [0.4, 0.5) is 17.5 Å². The number of hydrogen-bond donors (Lipinski definition) is 3. The number of nitrogens with zero attached hydrogens (tertiary/aromatic N) is 3. The monoisotopic (exact) mass is 504 g/mol. The van der Waals surface area contributed by atoms with Crippen molar-refractivity contribution in [3.05, 3.63) is 35.5 Å². The van der Waals surface area contributed by atoms with Gasteiger partial charge in [-0.05, 0) is 50.3 Å². The normalized spacial score (nSPS) is 14.9. The van der Waals surface area contributed by atoms with Crippen molar-refractivity contribution < 1.29 is 22.2 Å². The summed E-state index contributed by atoms with van der Waals surface area (Å²) in [5.74, 6) is -0.296. The Morgan fingerprint density at radius 2 is 1.80 bits per heavy atom. The standard InChI is InChI=1S/C23H32N6O5S/c1-14(2)15(3)26-21-18(20(24)30)13-25-23(28-21)27-16-8-9-19(34-35(4,32)33)17(12-16)22(31)29-10-6-5-7-11-29/h8-9,12-15H,5-7,10-11H2,1-4H3,(H2,24,30)(H2,25,26,27,28). The summed E-state index contributed by atoms with van der Waals surface area (Å²) in [7, 11) is -3.84. The Kier molecular flexibility index (Phi) is 8.15. The van der Waals surface area contributed by atoms with Gasteiger partial charge in [-0.25, -0.2) is 4.98 Å². The number of carbonyl (C=O) groups excluding carboxylic acids is 2. The van der Waals surface area contributed by atoms with Crippen LogP contribution in [0.1, 0.15) is 60.7 Å². The number of likely N-dealkylation sites (tertiary alicyclic amines) is 1. The molecule has 12 heteroatoms. The third kappa shape index (κ3) is 7.04. The molecular weight excluding hydrogens is 472 g/mol. The van der Waals surface area contributed by atoms with Gasteiger partial charge in [0, 0.05) is 31.0 Å². The third-order valence-corrected chi connectivity index (χ3v) is 6.25. The van der Waals surface area contributed by atoms with Crippen molar-refractivity contribution in [2.45, 2.75) is 46.1 Å². The number of carbonyl (C=O) groups is 2. The fraction of sp³-hybridized carbons (Fsp3) is 0.478. The van der Waals surface area contributed by atoms with Crippen LogP contribution < -0.4 is 20.6 Å². The van der Waals surface area contributed by atoms with Gasteiger partial charge in [-0.2, -0.15) is 13.4 Å². The molecule has 1 atom stereocenters. The van der Waals surface area contributed by atoms with Gasteiger partial charge in [0.25, 0.3) is 11.8 Å². The lowest BCUT2D eigenvalue weighted by atomic mass is 10.1. The maximum absolute atomic E-state index is 13.2. The van der Waals surface area contributed by atoms with Gasteiger partial charge >= 0.3 is 10.1 Å². The molecule has 0 bridgehead atoms. The highest BCUT2D eigenvalue weighted by atomic mass is 32.2. The zero-order chi connectivity index (χ0) is 25.8. The lowest BCUT2D eigenvalue weighted by Gasteiger charge is -2.27. The van der Waals surface area contributed by atoms with Crippen molar-refractivity contribution in [2.24, 2.45) is 11.7 Å². The molecule has 11 nitrogen and oxygen atoms in total. The summed E-state index contributed by atoms with van der Waals surface area (Å²) in [4.78, 5) is 35.3. The van der Waals surface area contributed by atoms with E-state index in [1.165, 1.54) is 18.3 Å². The van der Waals surface area contributed by atoms with Gasteiger partial charge in [0.05, 0.1) is 17.4 Å². The van der Waals surface area contributed by atoms with E-state index < -0.39 is 16.0 Å². The van der Waals surface area contributed by atoms with Crippen LogP contribution in [-0.4, -0.2) is 60.5 Å². The number of nitrogens with two attached hydrogens (primary N) is 1. The number of primary amides is 1. The molecule has 190 valence electrons. The summed E-state index contributed by atoms with van der Waals surface area (Å²) < 4.78 is 28.6. The Balaban J connectivity index is 1.94. The van der Waals surface area contributed by atoms with E-state index in [1.54, 1.807) is 11.0 Å². The predicted molar refractivity (Wildman–Crippen MR) is 133 cm³/mol. The summed E-state index contributed by atoms with van der Waals surface area (Å²) in [5.41, 5.74) is 6.19. The van der Waals surface area contributed by atoms with E-state index in [-0.39, 0.29) is 46.5 Å². The highest BCUT2D eigenvalue weighted by molar-refractivity contribution is 7.86. The molecule has 2 heterocycles. The molecular formula is C23H32N6O5S. The van der Waals surface area contributed by atoms with Crippen LogP contribution in [0.2, 0.25) is 0 Å². The second-order valence-corrected chi connectivity index (χ2v) is 10.5. The Morgan fingerprint density at radius 1 is 1.11 bits per heavy atom. The number of benzene rings is 1. The Morgan fingerprint density at radius 3 is 2.40 bits per heavy atom. The van der Waals surface area contributed by atoms with E-state index in [0.29, 0.717) is 18.8 Å². The maximum atomic E-state index is 13.2. The number of rotatable bonds is 9. The quantitative estimate of drug-likeness (QED) is 0.437. The highest BCUT2D eigenvalue weighted by Crippen LogP contribution is 2.28. The first-order chi connectivity index (χ1) is 16.4. The second kappa shape index (κ2) is 10.9. The molecule has 0 radical (unpaired) electrons. The van der Waals surface area contributed by atoms with Gasteiger partial charge in [0.1, 0.15) is 5.82 Å². The molecule has 1 aliphatic rings. The fourth-order valence-corrected chi connectivity index (χ4v) is 3.99. The number of anilines is 3. The van der Waals surface area contributed by atoms with Gasteiger partial charge in [-0.15, -0.1) is 0 Å². The first-order valence-corrected chi connectivity index (χ1v) is 13.3. The number of amides is 2. The van der Waals surface area contributed by atoms with E-state index in [1.807, 2.05) is 20.8 Å². The zero-order valence-electron chi connectivity index (χ0n) is 20.4. The van der Waals surface area contributed by atoms with E-state index in [2.05, 4.69) is 20.6 Å². The molecule has 35 heavy (non-hydrogen) atoms. The molecule has 1 unspecified atom stereocenters. The van der Waals surface area contributed by atoms with Crippen molar-refractivity contribution in [1.29, 1.82) is 0 Å². The lowest BCUT2D eigenvalue weighted by Crippen LogP contribution is -2.36. The van der Waals surface area contributed by atoms with Crippen LogP contribution in [0.5, 0.6) is 5.75 Å². The lowest BCUT2D eigenvalue weighted by molar-refractivity contribution is 0.0722. The second-order valence-electron chi connectivity index (χ2n) is 8.97. The molecule has 0 saturated carbocycles. The van der Waals surface area contributed by atoms with Gasteiger partial charge in [-0.1, -0.05) is 13.8 Å². The van der Waals surface area contributed by atoms with Crippen LogP contribution in [0, 0.1) is 5.92 Å². The maximum Gasteiger partial charge on any atom is 0.306 e. The summed E-state index contributed by atoms with van der Waals surface area (Å²) in [5, 5.41) is 6.20. The van der Waals surface area contributed by atoms with Crippen molar-refractivity contribution in [2.75, 3.05) is 30.0 Å². The largest absolute Gasteiger partial charge is 0.382 e. The molecule has 1 saturated heterocycles. The van der Waals surface area contributed by atoms with Gasteiger partial charge in [-0.3, -0.25) is 9.59 Å². The van der Waals surface area contributed by atoms with Crippen molar-refractivity contribution >= 4 is 39.4 Å². The Labute approximate surface area is 205 Å². The molecule has 0 aliphatic carbocycles. The molecule has 2 amide bonds. The van der Waals surface area contributed by atoms with Crippen LogP contribution >= 0.6 is 0 Å². The minimum atomic E-state index is -3.84. The number of nitrogens with one attached hydrogen (secondary N) is 2. The van der Waals surface area contributed by atoms with Crippen LogP contribution in [-0.2, 0) is 10.1 Å². The van der Waals surface area contributed by atoms with Crippen LogP contribution in [0.25, 0.3) is 0 Å². The van der Waals surface area contributed by atoms with Crippen LogP contribution in [0.15, 0.2) is 24.4 Å². The molecule has 1 aromatic heterocycles. The molecule has 1 aliphatic heterocycles. The average molecular weight is 505 g/mol. The average Bonchev–Trinajstić information content (AvgIpc) is 2.79.